The molecule has 20 heavy (non-hydrogen) atoms. The van der Waals surface area contributed by atoms with Crippen LogP contribution in [0.5, 0.6) is 0 Å². The zero-order valence-electron chi connectivity index (χ0n) is 14.2. The molecule has 0 saturated heterocycles. The Balaban J connectivity index is 3.46. The SMILES string of the molecule is CCC(C)c1cc(C(C)CC)c(CO)c(C(C)CC)c1. The van der Waals surface area contributed by atoms with Gasteiger partial charge in [-0.1, -0.05) is 53.7 Å². The molecule has 0 aliphatic carbocycles. The molecular weight excluding hydrogens is 244 g/mol. The molecule has 1 rings (SSSR count). The minimum atomic E-state index is 0.167. The average Bonchev–Trinajstić information content (AvgIpc) is 2.50. The molecule has 1 aromatic carbocycles. The van der Waals surface area contributed by atoms with E-state index in [4.69, 9.17) is 0 Å². The standard InChI is InChI=1S/C19H32O/c1-7-13(4)16-10-17(14(5)8-2)19(12-20)18(11-16)15(6)9-3/h10-11,13-15,20H,7-9,12H2,1-6H3. The van der Waals surface area contributed by atoms with E-state index in [0.717, 1.165) is 12.8 Å². The summed E-state index contributed by atoms with van der Waals surface area (Å²) in [6.07, 6.45) is 3.41. The van der Waals surface area contributed by atoms with Crippen LogP contribution in [-0.2, 0) is 6.61 Å². The Morgan fingerprint density at radius 1 is 0.800 bits per heavy atom. The van der Waals surface area contributed by atoms with Crippen LogP contribution >= 0.6 is 0 Å². The van der Waals surface area contributed by atoms with Gasteiger partial charge in [-0.25, -0.2) is 0 Å². The monoisotopic (exact) mass is 276 g/mol. The number of benzene rings is 1. The van der Waals surface area contributed by atoms with E-state index in [0.29, 0.717) is 17.8 Å². The van der Waals surface area contributed by atoms with Crippen molar-refractivity contribution in [2.45, 2.75) is 85.2 Å². The third-order valence-corrected chi connectivity index (χ3v) is 4.97. The molecule has 0 fully saturated rings. The van der Waals surface area contributed by atoms with Gasteiger partial charge in [0, 0.05) is 0 Å². The van der Waals surface area contributed by atoms with Crippen LogP contribution in [0.4, 0.5) is 0 Å². The number of rotatable bonds is 7. The van der Waals surface area contributed by atoms with E-state index in [2.05, 4.69) is 53.7 Å². The van der Waals surface area contributed by atoms with Crippen molar-refractivity contribution < 1.29 is 5.11 Å². The molecule has 0 bridgehead atoms. The van der Waals surface area contributed by atoms with Crippen molar-refractivity contribution >= 4 is 0 Å². The molecule has 0 heterocycles. The molecule has 1 N–H and O–H groups in total. The Hall–Kier alpha value is -0.820. The molecule has 0 aromatic heterocycles. The van der Waals surface area contributed by atoms with Crippen molar-refractivity contribution in [1.29, 1.82) is 0 Å². The molecule has 1 nitrogen and oxygen atoms in total. The van der Waals surface area contributed by atoms with Crippen LogP contribution in [0.2, 0.25) is 0 Å². The van der Waals surface area contributed by atoms with E-state index < -0.39 is 0 Å². The zero-order valence-corrected chi connectivity index (χ0v) is 14.2. The highest BCUT2D eigenvalue weighted by Gasteiger charge is 2.18. The van der Waals surface area contributed by atoms with Gasteiger partial charge in [-0.15, -0.1) is 0 Å². The van der Waals surface area contributed by atoms with Gasteiger partial charge in [0.1, 0.15) is 0 Å². The summed E-state index contributed by atoms with van der Waals surface area (Å²) in [4.78, 5) is 0. The fourth-order valence-electron chi connectivity index (χ4n) is 2.76. The van der Waals surface area contributed by atoms with E-state index >= 15 is 0 Å². The summed E-state index contributed by atoms with van der Waals surface area (Å²) < 4.78 is 0. The van der Waals surface area contributed by atoms with Crippen molar-refractivity contribution in [3.05, 3.63) is 34.4 Å². The second-order valence-electron chi connectivity index (χ2n) is 6.26. The van der Waals surface area contributed by atoms with Gasteiger partial charge in [0.2, 0.25) is 0 Å². The van der Waals surface area contributed by atoms with Crippen LogP contribution in [0.15, 0.2) is 12.1 Å². The zero-order chi connectivity index (χ0) is 15.3. The van der Waals surface area contributed by atoms with E-state index in [1.807, 2.05) is 0 Å². The van der Waals surface area contributed by atoms with Crippen molar-refractivity contribution in [3.8, 4) is 0 Å². The molecule has 0 saturated carbocycles. The van der Waals surface area contributed by atoms with Gasteiger partial charge in [0.15, 0.2) is 0 Å². The third kappa shape index (κ3) is 3.63. The Labute approximate surface area is 125 Å². The van der Waals surface area contributed by atoms with Crippen LogP contribution in [0.25, 0.3) is 0 Å². The van der Waals surface area contributed by atoms with Crippen LogP contribution < -0.4 is 0 Å². The van der Waals surface area contributed by atoms with Gasteiger partial charge in [-0.2, -0.15) is 0 Å². The van der Waals surface area contributed by atoms with Crippen LogP contribution in [0.3, 0.4) is 0 Å². The van der Waals surface area contributed by atoms with E-state index in [1.54, 1.807) is 0 Å². The topological polar surface area (TPSA) is 20.2 Å². The van der Waals surface area contributed by atoms with Gasteiger partial charge in [-0.05, 0) is 59.3 Å². The van der Waals surface area contributed by atoms with Crippen molar-refractivity contribution in [2.24, 2.45) is 0 Å². The summed E-state index contributed by atoms with van der Waals surface area (Å²) in [6, 6.07) is 4.69. The van der Waals surface area contributed by atoms with Gasteiger partial charge in [0.25, 0.3) is 0 Å². The summed E-state index contributed by atoms with van der Waals surface area (Å²) in [6.45, 7) is 13.7. The quantitative estimate of drug-likeness (QED) is 0.675. The first kappa shape index (κ1) is 17.2. The lowest BCUT2D eigenvalue weighted by molar-refractivity contribution is 0.278. The molecule has 3 unspecified atom stereocenters. The van der Waals surface area contributed by atoms with Gasteiger partial charge in [0.05, 0.1) is 6.61 Å². The van der Waals surface area contributed by atoms with Crippen LogP contribution in [0.1, 0.15) is 101 Å². The summed E-state index contributed by atoms with van der Waals surface area (Å²) in [5.74, 6) is 1.63. The molecule has 1 aromatic rings. The minimum Gasteiger partial charge on any atom is -0.392 e. The molecule has 3 atom stereocenters. The lowest BCUT2D eigenvalue weighted by Crippen LogP contribution is -2.08. The van der Waals surface area contributed by atoms with Gasteiger partial charge < -0.3 is 5.11 Å². The smallest absolute Gasteiger partial charge is 0.0687 e. The van der Waals surface area contributed by atoms with Crippen molar-refractivity contribution in [3.63, 3.8) is 0 Å². The highest BCUT2D eigenvalue weighted by Crippen LogP contribution is 2.35. The lowest BCUT2D eigenvalue weighted by atomic mass is 9.82. The number of aliphatic hydroxyl groups excluding tert-OH is 1. The summed E-state index contributed by atoms with van der Waals surface area (Å²) >= 11 is 0. The van der Waals surface area contributed by atoms with E-state index in [-0.39, 0.29) is 6.61 Å². The Morgan fingerprint density at radius 2 is 1.20 bits per heavy atom. The average molecular weight is 276 g/mol. The summed E-state index contributed by atoms with van der Waals surface area (Å²) in [7, 11) is 0. The summed E-state index contributed by atoms with van der Waals surface area (Å²) in [5, 5.41) is 9.87. The predicted molar refractivity (Wildman–Crippen MR) is 88.5 cm³/mol. The Kier molecular flexibility index (Phi) is 6.75. The largest absolute Gasteiger partial charge is 0.392 e. The van der Waals surface area contributed by atoms with Crippen LogP contribution in [0, 0.1) is 0 Å². The second-order valence-corrected chi connectivity index (χ2v) is 6.26. The molecule has 0 amide bonds. The Bertz CT molecular complexity index is 391. The highest BCUT2D eigenvalue weighted by molar-refractivity contribution is 5.43. The number of hydrogen-bond acceptors (Lipinski definition) is 1. The third-order valence-electron chi connectivity index (χ3n) is 4.97. The molecule has 0 aliphatic rings. The Morgan fingerprint density at radius 3 is 1.50 bits per heavy atom. The first-order chi connectivity index (χ1) is 9.49. The lowest BCUT2D eigenvalue weighted by Gasteiger charge is -2.24. The molecule has 0 radical (unpaired) electrons. The maximum absolute atomic E-state index is 9.87. The first-order valence-electron chi connectivity index (χ1n) is 8.27. The first-order valence-corrected chi connectivity index (χ1v) is 8.27. The van der Waals surface area contributed by atoms with Crippen LogP contribution in [-0.4, -0.2) is 5.11 Å². The normalized spacial score (nSPS) is 15.9. The maximum Gasteiger partial charge on any atom is 0.0687 e. The fourth-order valence-corrected chi connectivity index (χ4v) is 2.76. The van der Waals surface area contributed by atoms with E-state index in [1.165, 1.54) is 28.7 Å². The molecule has 0 spiro atoms. The van der Waals surface area contributed by atoms with E-state index in [9.17, 15) is 5.11 Å². The fraction of sp³-hybridized carbons (Fsp3) is 0.684. The minimum absolute atomic E-state index is 0.167. The van der Waals surface area contributed by atoms with Gasteiger partial charge >= 0.3 is 0 Å². The molecule has 0 aliphatic heterocycles. The summed E-state index contributed by atoms with van der Waals surface area (Å²) in [5.41, 5.74) is 5.35. The second kappa shape index (κ2) is 7.83. The van der Waals surface area contributed by atoms with Crippen molar-refractivity contribution in [2.75, 3.05) is 0 Å². The predicted octanol–water partition coefficient (Wildman–Crippen LogP) is 5.72. The van der Waals surface area contributed by atoms with Gasteiger partial charge in [-0.3, -0.25) is 0 Å². The highest BCUT2D eigenvalue weighted by atomic mass is 16.3. The maximum atomic E-state index is 9.87. The molecular formula is C19H32O. The number of hydrogen-bond donors (Lipinski definition) is 1. The molecule has 1 heteroatoms. The van der Waals surface area contributed by atoms with Crippen molar-refractivity contribution in [1.82, 2.24) is 0 Å². The molecule has 114 valence electrons. The number of aliphatic hydroxyl groups is 1.